The molecule has 1 unspecified atom stereocenters. The molecule has 0 aromatic carbocycles. The summed E-state index contributed by atoms with van der Waals surface area (Å²) in [4.78, 5) is 4.40. The van der Waals surface area contributed by atoms with Crippen molar-refractivity contribution in [1.82, 2.24) is 9.55 Å². The lowest BCUT2D eigenvalue weighted by Gasteiger charge is -2.21. The number of hydrogen-bond donors (Lipinski definition) is 1. The molecule has 1 atom stereocenters. The first-order chi connectivity index (χ1) is 5.79. The summed E-state index contributed by atoms with van der Waals surface area (Å²) in [5, 5.41) is 8.99. The molecule has 1 aromatic rings. The first-order valence-corrected chi connectivity index (χ1v) is 4.43. The van der Waals surface area contributed by atoms with Crippen LogP contribution in [0.2, 0.25) is 0 Å². The molecule has 1 aromatic heterocycles. The fourth-order valence-electron chi connectivity index (χ4n) is 1.81. The fourth-order valence-corrected chi connectivity index (χ4v) is 1.81. The fraction of sp³-hybridized carbons (Fsp3) is 0.667. The number of fused-ring (bicyclic) bond motifs is 1. The average molecular weight is 166 g/mol. The summed E-state index contributed by atoms with van der Waals surface area (Å²) >= 11 is 0. The third kappa shape index (κ3) is 1.25. The summed E-state index contributed by atoms with van der Waals surface area (Å²) in [5.41, 5.74) is 1.09. The number of aromatic nitrogens is 2. The minimum Gasteiger partial charge on any atom is -0.396 e. The number of aliphatic hydroxyl groups is 1. The zero-order valence-corrected chi connectivity index (χ0v) is 7.32. The van der Waals surface area contributed by atoms with Crippen LogP contribution in [0.1, 0.15) is 17.9 Å². The summed E-state index contributed by atoms with van der Waals surface area (Å²) in [7, 11) is 0. The number of hydrogen-bond acceptors (Lipinski definition) is 2. The van der Waals surface area contributed by atoms with Gasteiger partial charge in [0.25, 0.3) is 0 Å². The number of imidazole rings is 1. The van der Waals surface area contributed by atoms with E-state index in [1.54, 1.807) is 0 Å². The van der Waals surface area contributed by atoms with Crippen molar-refractivity contribution in [1.29, 1.82) is 0 Å². The molecule has 2 heterocycles. The van der Waals surface area contributed by atoms with Gasteiger partial charge in [-0.3, -0.25) is 0 Å². The Labute approximate surface area is 72.0 Å². The Balaban J connectivity index is 2.22. The second-order valence-electron chi connectivity index (χ2n) is 3.54. The highest BCUT2D eigenvalue weighted by molar-refractivity contribution is 5.04. The van der Waals surface area contributed by atoms with Gasteiger partial charge in [0.15, 0.2) is 0 Å². The van der Waals surface area contributed by atoms with E-state index in [9.17, 15) is 0 Å². The summed E-state index contributed by atoms with van der Waals surface area (Å²) in [6.07, 6.45) is 4.16. The molecule has 0 saturated heterocycles. The molecular weight excluding hydrogens is 152 g/mol. The molecule has 66 valence electrons. The van der Waals surface area contributed by atoms with Gasteiger partial charge in [0.1, 0.15) is 5.82 Å². The Morgan fingerprint density at radius 3 is 3.33 bits per heavy atom. The molecule has 1 aliphatic heterocycles. The van der Waals surface area contributed by atoms with Crippen molar-refractivity contribution in [3.63, 3.8) is 0 Å². The molecule has 1 aliphatic rings. The van der Waals surface area contributed by atoms with Crippen molar-refractivity contribution in [3.05, 3.63) is 17.7 Å². The Bertz CT molecular complexity index is 280. The number of nitrogens with zero attached hydrogens (tertiary/aromatic N) is 2. The van der Waals surface area contributed by atoms with Crippen molar-refractivity contribution < 1.29 is 5.11 Å². The summed E-state index contributed by atoms with van der Waals surface area (Å²) in [6.45, 7) is 3.25. The standard InChI is InChI=1S/C9H14N2O/c1-7-4-11-5-8(6-12)2-3-9(11)10-7/h4,8,12H,2-3,5-6H2,1H3. The van der Waals surface area contributed by atoms with Crippen molar-refractivity contribution >= 4 is 0 Å². The van der Waals surface area contributed by atoms with Crippen LogP contribution in [0.15, 0.2) is 6.20 Å². The smallest absolute Gasteiger partial charge is 0.108 e. The van der Waals surface area contributed by atoms with E-state index in [0.717, 1.165) is 25.1 Å². The van der Waals surface area contributed by atoms with E-state index >= 15 is 0 Å². The van der Waals surface area contributed by atoms with Gasteiger partial charge >= 0.3 is 0 Å². The maximum absolute atomic E-state index is 8.99. The largest absolute Gasteiger partial charge is 0.396 e. The molecule has 2 rings (SSSR count). The first-order valence-electron chi connectivity index (χ1n) is 4.43. The van der Waals surface area contributed by atoms with Crippen LogP contribution in [0.25, 0.3) is 0 Å². The molecule has 3 nitrogen and oxygen atoms in total. The zero-order valence-electron chi connectivity index (χ0n) is 7.32. The molecule has 1 N–H and O–H groups in total. The Kier molecular flexibility index (Phi) is 1.89. The van der Waals surface area contributed by atoms with Gasteiger partial charge in [-0.25, -0.2) is 4.98 Å². The van der Waals surface area contributed by atoms with Gasteiger partial charge in [0, 0.05) is 31.7 Å². The lowest BCUT2D eigenvalue weighted by molar-refractivity contribution is 0.190. The Morgan fingerprint density at radius 2 is 2.58 bits per heavy atom. The first kappa shape index (κ1) is 7.80. The van der Waals surface area contributed by atoms with E-state index in [1.165, 1.54) is 5.82 Å². The molecule has 12 heavy (non-hydrogen) atoms. The molecular formula is C9H14N2O. The highest BCUT2D eigenvalue weighted by atomic mass is 16.3. The Hall–Kier alpha value is -0.830. The lowest BCUT2D eigenvalue weighted by Crippen LogP contribution is -2.22. The highest BCUT2D eigenvalue weighted by Crippen LogP contribution is 2.18. The number of aliphatic hydroxyl groups excluding tert-OH is 1. The van der Waals surface area contributed by atoms with Crippen molar-refractivity contribution in [2.24, 2.45) is 5.92 Å². The topological polar surface area (TPSA) is 38.0 Å². The van der Waals surface area contributed by atoms with Crippen LogP contribution in [0, 0.1) is 12.8 Å². The molecule has 0 spiro atoms. The van der Waals surface area contributed by atoms with Gasteiger partial charge in [0.2, 0.25) is 0 Å². The molecule has 3 heteroatoms. The van der Waals surface area contributed by atoms with E-state index in [4.69, 9.17) is 5.11 Å². The maximum atomic E-state index is 8.99. The summed E-state index contributed by atoms with van der Waals surface area (Å²) in [5.74, 6) is 1.61. The van der Waals surface area contributed by atoms with Crippen LogP contribution in [0.5, 0.6) is 0 Å². The van der Waals surface area contributed by atoms with Gasteiger partial charge in [-0.05, 0) is 13.3 Å². The summed E-state index contributed by atoms with van der Waals surface area (Å²) in [6, 6.07) is 0. The quantitative estimate of drug-likeness (QED) is 0.668. The lowest BCUT2D eigenvalue weighted by atomic mass is 10.0. The predicted molar refractivity (Wildman–Crippen MR) is 45.9 cm³/mol. The number of aryl methyl sites for hydroxylation is 2. The monoisotopic (exact) mass is 166 g/mol. The van der Waals surface area contributed by atoms with Crippen LogP contribution in [0.3, 0.4) is 0 Å². The van der Waals surface area contributed by atoms with Crippen molar-refractivity contribution in [2.75, 3.05) is 6.61 Å². The van der Waals surface area contributed by atoms with Crippen molar-refractivity contribution in [2.45, 2.75) is 26.3 Å². The second kappa shape index (κ2) is 2.90. The molecule has 0 saturated carbocycles. The van der Waals surface area contributed by atoms with Gasteiger partial charge < -0.3 is 9.67 Å². The third-order valence-corrected chi connectivity index (χ3v) is 2.47. The normalized spacial score (nSPS) is 22.3. The van der Waals surface area contributed by atoms with Gasteiger partial charge in [-0.15, -0.1) is 0 Å². The van der Waals surface area contributed by atoms with Crippen LogP contribution >= 0.6 is 0 Å². The highest BCUT2D eigenvalue weighted by Gasteiger charge is 2.18. The third-order valence-electron chi connectivity index (χ3n) is 2.47. The molecule has 0 aliphatic carbocycles. The molecule has 0 bridgehead atoms. The SMILES string of the molecule is Cc1cn2c(n1)CCC(CO)C2. The second-order valence-corrected chi connectivity index (χ2v) is 3.54. The van der Waals surface area contributed by atoms with E-state index in [0.29, 0.717) is 12.5 Å². The number of rotatable bonds is 1. The van der Waals surface area contributed by atoms with E-state index in [-0.39, 0.29) is 0 Å². The minimum atomic E-state index is 0.302. The van der Waals surface area contributed by atoms with E-state index < -0.39 is 0 Å². The minimum absolute atomic E-state index is 0.302. The predicted octanol–water partition coefficient (Wildman–Crippen LogP) is 0.746. The maximum Gasteiger partial charge on any atom is 0.108 e. The van der Waals surface area contributed by atoms with Gasteiger partial charge in [0.05, 0.1) is 5.69 Å². The van der Waals surface area contributed by atoms with Gasteiger partial charge in [-0.2, -0.15) is 0 Å². The van der Waals surface area contributed by atoms with Crippen LogP contribution in [-0.4, -0.2) is 21.3 Å². The van der Waals surface area contributed by atoms with E-state index in [1.807, 2.05) is 6.92 Å². The van der Waals surface area contributed by atoms with Crippen LogP contribution < -0.4 is 0 Å². The zero-order chi connectivity index (χ0) is 8.55. The van der Waals surface area contributed by atoms with E-state index in [2.05, 4.69) is 15.7 Å². The van der Waals surface area contributed by atoms with Crippen molar-refractivity contribution in [3.8, 4) is 0 Å². The van der Waals surface area contributed by atoms with Crippen LogP contribution in [0.4, 0.5) is 0 Å². The summed E-state index contributed by atoms with van der Waals surface area (Å²) < 4.78 is 2.17. The molecule has 0 amide bonds. The molecule has 0 radical (unpaired) electrons. The van der Waals surface area contributed by atoms with Gasteiger partial charge in [-0.1, -0.05) is 0 Å². The van der Waals surface area contributed by atoms with Crippen LogP contribution in [-0.2, 0) is 13.0 Å². The average Bonchev–Trinajstić information content (AvgIpc) is 2.43. The Morgan fingerprint density at radius 1 is 1.75 bits per heavy atom. The molecule has 0 fully saturated rings.